The van der Waals surface area contributed by atoms with Crippen LogP contribution in [-0.4, -0.2) is 41.5 Å². The summed E-state index contributed by atoms with van der Waals surface area (Å²) in [5, 5.41) is 0. The molecule has 1 N–H and O–H groups in total. The van der Waals surface area contributed by atoms with Crippen molar-refractivity contribution in [3.8, 4) is 5.75 Å². The number of carbonyl (C=O) groups is 2. The Morgan fingerprint density at radius 2 is 1.96 bits per heavy atom. The predicted molar refractivity (Wildman–Crippen MR) is 112 cm³/mol. The van der Waals surface area contributed by atoms with Crippen LogP contribution in [0, 0.1) is 6.92 Å². The predicted octanol–water partition coefficient (Wildman–Crippen LogP) is 4.54. The second kappa shape index (κ2) is 9.32. The van der Waals surface area contributed by atoms with Gasteiger partial charge < -0.3 is 14.5 Å². The van der Waals surface area contributed by atoms with E-state index >= 15 is 0 Å². The minimum absolute atomic E-state index is 0.0782. The van der Waals surface area contributed by atoms with Crippen molar-refractivity contribution in [3.63, 3.8) is 0 Å². The molecule has 1 heterocycles. The van der Waals surface area contributed by atoms with E-state index in [-0.39, 0.29) is 17.7 Å². The number of ketones is 1. The Kier molecular flexibility index (Phi) is 6.83. The van der Waals surface area contributed by atoms with Crippen LogP contribution in [-0.2, 0) is 11.2 Å². The summed E-state index contributed by atoms with van der Waals surface area (Å²) in [5.41, 5.74) is 3.72. The number of fused-ring (bicyclic) bond motifs is 1. The first-order valence-corrected chi connectivity index (χ1v) is 10.9. The quantitative estimate of drug-likeness (QED) is 0.519. The molecular weight excluding hydrogens is 374 g/mol. The summed E-state index contributed by atoms with van der Waals surface area (Å²) in [5.74, 6) is 2.40. The molecule has 5 nitrogen and oxygen atoms in total. The molecule has 1 aromatic carbocycles. The highest BCUT2D eigenvalue weighted by Crippen LogP contribution is 2.35. The van der Waals surface area contributed by atoms with Gasteiger partial charge in [-0.3, -0.25) is 4.79 Å². The topological polar surface area (TPSA) is 68.4 Å². The molecule has 6 heteroatoms. The Bertz CT molecular complexity index is 841. The molecule has 0 amide bonds. The fraction of sp³-hybridized carbons (Fsp3) is 0.455. The van der Waals surface area contributed by atoms with Gasteiger partial charge in [0.2, 0.25) is 0 Å². The standard InChI is InChI=1S/C22H27NO4S/c1-4-26-17-8-6-15(7-9-17)16-12-18-20(19(24)13-16)14(3)21(23-18)22(25)27-10-11-28-5-2/h6-9,16,23H,4-5,10-13H2,1-3H3/t16-/m1/s1. The summed E-state index contributed by atoms with van der Waals surface area (Å²) in [4.78, 5) is 28.4. The van der Waals surface area contributed by atoms with E-state index in [2.05, 4.69) is 11.9 Å². The number of aromatic nitrogens is 1. The first kappa shape index (κ1) is 20.5. The fourth-order valence-electron chi connectivity index (χ4n) is 3.69. The Morgan fingerprint density at radius 1 is 1.21 bits per heavy atom. The van der Waals surface area contributed by atoms with E-state index in [1.807, 2.05) is 38.1 Å². The number of nitrogens with one attached hydrogen (secondary N) is 1. The fourth-order valence-corrected chi connectivity index (χ4v) is 4.18. The van der Waals surface area contributed by atoms with Gasteiger partial charge in [0.1, 0.15) is 18.1 Å². The van der Waals surface area contributed by atoms with Gasteiger partial charge in [0.25, 0.3) is 0 Å². The van der Waals surface area contributed by atoms with Gasteiger partial charge in [-0.25, -0.2) is 4.79 Å². The Morgan fingerprint density at radius 3 is 2.64 bits per heavy atom. The summed E-state index contributed by atoms with van der Waals surface area (Å²) in [6.45, 7) is 6.85. The zero-order chi connectivity index (χ0) is 20.1. The number of Topliss-reactive ketones (excluding diaryl/α,β-unsaturated/α-hetero) is 1. The first-order chi connectivity index (χ1) is 13.5. The molecule has 0 bridgehead atoms. The molecule has 1 atom stereocenters. The van der Waals surface area contributed by atoms with Gasteiger partial charge in [-0.15, -0.1) is 0 Å². The van der Waals surface area contributed by atoms with Crippen molar-refractivity contribution < 1.29 is 19.1 Å². The molecule has 150 valence electrons. The zero-order valence-corrected chi connectivity index (χ0v) is 17.5. The van der Waals surface area contributed by atoms with Crippen LogP contribution in [0.3, 0.4) is 0 Å². The lowest BCUT2D eigenvalue weighted by Crippen LogP contribution is -2.18. The van der Waals surface area contributed by atoms with Gasteiger partial charge in [-0.1, -0.05) is 19.1 Å². The lowest BCUT2D eigenvalue weighted by atomic mass is 9.81. The van der Waals surface area contributed by atoms with Crippen LogP contribution in [0.25, 0.3) is 0 Å². The number of hydrogen-bond donors (Lipinski definition) is 1. The molecule has 0 saturated heterocycles. The maximum absolute atomic E-state index is 12.8. The van der Waals surface area contributed by atoms with Crippen molar-refractivity contribution in [2.24, 2.45) is 0 Å². The molecule has 0 fully saturated rings. The second-order valence-corrected chi connectivity index (χ2v) is 8.24. The molecule has 3 rings (SSSR count). The van der Waals surface area contributed by atoms with Gasteiger partial charge in [0.05, 0.1) is 6.61 Å². The van der Waals surface area contributed by atoms with Crippen molar-refractivity contribution in [1.82, 2.24) is 4.98 Å². The van der Waals surface area contributed by atoms with Gasteiger partial charge in [-0.2, -0.15) is 11.8 Å². The molecule has 1 aliphatic carbocycles. The van der Waals surface area contributed by atoms with E-state index in [9.17, 15) is 9.59 Å². The first-order valence-electron chi connectivity index (χ1n) is 9.77. The maximum atomic E-state index is 12.8. The van der Waals surface area contributed by atoms with E-state index in [0.717, 1.165) is 28.5 Å². The molecule has 0 spiro atoms. The lowest BCUT2D eigenvalue weighted by molar-refractivity contribution is 0.0523. The lowest BCUT2D eigenvalue weighted by Gasteiger charge is -2.22. The molecule has 28 heavy (non-hydrogen) atoms. The smallest absolute Gasteiger partial charge is 0.355 e. The summed E-state index contributed by atoms with van der Waals surface area (Å²) in [6.07, 6.45) is 1.15. The average molecular weight is 402 g/mol. The number of H-pyrrole nitrogens is 1. The molecule has 2 aromatic rings. The molecule has 0 aliphatic heterocycles. The minimum atomic E-state index is -0.381. The van der Waals surface area contributed by atoms with Crippen LogP contribution < -0.4 is 4.74 Å². The van der Waals surface area contributed by atoms with Gasteiger partial charge in [0, 0.05) is 23.4 Å². The van der Waals surface area contributed by atoms with Crippen molar-refractivity contribution in [3.05, 3.63) is 52.3 Å². The molecular formula is C22H27NO4S. The van der Waals surface area contributed by atoms with E-state index in [0.29, 0.717) is 42.9 Å². The molecule has 1 aromatic heterocycles. The zero-order valence-electron chi connectivity index (χ0n) is 16.7. The van der Waals surface area contributed by atoms with Crippen LogP contribution in [0.5, 0.6) is 5.75 Å². The van der Waals surface area contributed by atoms with E-state index in [1.54, 1.807) is 11.8 Å². The molecule has 1 aliphatic rings. The Labute approximate surface area is 170 Å². The monoisotopic (exact) mass is 401 g/mol. The van der Waals surface area contributed by atoms with Crippen LogP contribution in [0.15, 0.2) is 24.3 Å². The maximum Gasteiger partial charge on any atom is 0.355 e. The van der Waals surface area contributed by atoms with Crippen LogP contribution in [0.1, 0.15) is 63.9 Å². The second-order valence-electron chi connectivity index (χ2n) is 6.84. The van der Waals surface area contributed by atoms with Gasteiger partial charge >= 0.3 is 5.97 Å². The Balaban J connectivity index is 1.75. The third-order valence-electron chi connectivity index (χ3n) is 5.02. The third kappa shape index (κ3) is 4.43. The van der Waals surface area contributed by atoms with Crippen LogP contribution >= 0.6 is 11.8 Å². The highest BCUT2D eigenvalue weighted by Gasteiger charge is 2.32. The summed E-state index contributed by atoms with van der Waals surface area (Å²) in [7, 11) is 0. The summed E-state index contributed by atoms with van der Waals surface area (Å²) < 4.78 is 10.8. The molecule has 0 radical (unpaired) electrons. The van der Waals surface area contributed by atoms with Crippen molar-refractivity contribution >= 4 is 23.5 Å². The molecule has 0 unspecified atom stereocenters. The number of rotatable bonds is 8. The van der Waals surface area contributed by atoms with E-state index < -0.39 is 0 Å². The SMILES string of the molecule is CCOc1ccc([C@H]2CC(=O)c3c([nH]c(C(=O)OCCSCC)c3C)C2)cc1. The van der Waals surface area contributed by atoms with Crippen LogP contribution in [0.4, 0.5) is 0 Å². The number of esters is 1. The van der Waals surface area contributed by atoms with Crippen molar-refractivity contribution in [1.29, 1.82) is 0 Å². The van der Waals surface area contributed by atoms with Gasteiger partial charge in [0.15, 0.2) is 5.78 Å². The van der Waals surface area contributed by atoms with E-state index in [1.165, 1.54) is 0 Å². The van der Waals surface area contributed by atoms with Gasteiger partial charge in [-0.05, 0) is 55.2 Å². The number of carbonyl (C=O) groups excluding carboxylic acids is 2. The van der Waals surface area contributed by atoms with E-state index in [4.69, 9.17) is 9.47 Å². The highest BCUT2D eigenvalue weighted by molar-refractivity contribution is 7.99. The highest BCUT2D eigenvalue weighted by atomic mass is 32.2. The number of hydrogen-bond acceptors (Lipinski definition) is 5. The largest absolute Gasteiger partial charge is 0.494 e. The third-order valence-corrected chi connectivity index (χ3v) is 5.88. The number of ether oxygens (including phenoxy) is 2. The normalized spacial score (nSPS) is 16.0. The molecule has 0 saturated carbocycles. The number of benzene rings is 1. The minimum Gasteiger partial charge on any atom is -0.494 e. The average Bonchev–Trinajstić information content (AvgIpc) is 3.03. The number of aromatic amines is 1. The van der Waals surface area contributed by atoms with Crippen molar-refractivity contribution in [2.75, 3.05) is 24.7 Å². The number of thioether (sulfide) groups is 1. The Hall–Kier alpha value is -2.21. The summed E-state index contributed by atoms with van der Waals surface area (Å²) >= 11 is 1.73. The van der Waals surface area contributed by atoms with Crippen LogP contribution in [0.2, 0.25) is 0 Å². The summed E-state index contributed by atoms with van der Waals surface area (Å²) in [6, 6.07) is 7.92. The van der Waals surface area contributed by atoms with Crippen molar-refractivity contribution in [2.45, 2.75) is 39.5 Å².